The number of hydrogen-bond donors (Lipinski definition) is 0. The second-order valence-electron chi connectivity index (χ2n) is 8.65. The number of nitrogens with zero attached hydrogens (tertiary/aromatic N) is 1. The van der Waals surface area contributed by atoms with Crippen molar-refractivity contribution in [1.29, 1.82) is 0 Å². The molecule has 0 spiro atoms. The Morgan fingerprint density at radius 2 is 0.791 bits per heavy atom. The molecular formula is C28H43NO13S. The summed E-state index contributed by atoms with van der Waals surface area (Å²) in [7, 11) is -3.76. The lowest BCUT2D eigenvalue weighted by molar-refractivity contribution is -0.137. The molecular weight excluding hydrogens is 590 g/mol. The van der Waals surface area contributed by atoms with Gasteiger partial charge in [-0.1, -0.05) is 18.2 Å². The third-order valence-corrected chi connectivity index (χ3v) is 6.79. The number of carbonyl (C=O) groups is 2. The van der Waals surface area contributed by atoms with E-state index in [1.807, 2.05) is 0 Å². The maximum atomic E-state index is 11.9. The Hall–Kier alpha value is -2.31. The summed E-state index contributed by atoms with van der Waals surface area (Å²) in [6.45, 7) is 6.41. The van der Waals surface area contributed by atoms with Gasteiger partial charge in [-0.2, -0.15) is 8.42 Å². The number of hydrogen-bond acceptors (Lipinski definition) is 13. The lowest BCUT2D eigenvalue weighted by Crippen LogP contribution is -2.33. The number of ether oxygens (including phenoxy) is 8. The molecule has 0 aromatic heterocycles. The van der Waals surface area contributed by atoms with Crippen LogP contribution in [0.2, 0.25) is 0 Å². The smallest absolute Gasteiger partial charge is 0.297 e. The maximum Gasteiger partial charge on any atom is 0.297 e. The Kier molecular flexibility index (Phi) is 20.6. The zero-order chi connectivity index (χ0) is 30.9. The van der Waals surface area contributed by atoms with Gasteiger partial charge in [0.2, 0.25) is 0 Å². The number of amides is 2. The Labute approximate surface area is 253 Å². The van der Waals surface area contributed by atoms with Gasteiger partial charge in [-0.05, 0) is 12.1 Å². The fraction of sp³-hybridized carbons (Fsp3) is 0.643. The monoisotopic (exact) mass is 633 g/mol. The number of rotatable bonds is 29. The molecule has 14 nitrogen and oxygen atoms in total. The minimum Gasteiger partial charge on any atom is -0.377 e. The van der Waals surface area contributed by atoms with E-state index in [1.54, 1.807) is 18.2 Å². The molecule has 2 amide bonds. The van der Waals surface area contributed by atoms with Crippen LogP contribution < -0.4 is 0 Å². The molecule has 2 rings (SSSR count). The van der Waals surface area contributed by atoms with Gasteiger partial charge >= 0.3 is 0 Å². The Balaban J connectivity index is 1.20. The van der Waals surface area contributed by atoms with Crippen molar-refractivity contribution in [3.05, 3.63) is 42.5 Å². The summed E-state index contributed by atoms with van der Waals surface area (Å²) in [4.78, 5) is 24.0. The van der Waals surface area contributed by atoms with Crippen LogP contribution in [0.3, 0.4) is 0 Å². The maximum absolute atomic E-state index is 11.9. The van der Waals surface area contributed by atoms with E-state index in [1.165, 1.54) is 24.3 Å². The van der Waals surface area contributed by atoms with Crippen molar-refractivity contribution in [3.8, 4) is 0 Å². The molecule has 1 heterocycles. The fourth-order valence-corrected chi connectivity index (χ4v) is 4.22. The summed E-state index contributed by atoms with van der Waals surface area (Å²) in [6.07, 6.45) is 2.49. The van der Waals surface area contributed by atoms with E-state index in [2.05, 4.69) is 0 Å². The highest BCUT2D eigenvalue weighted by atomic mass is 32.2. The molecule has 1 aromatic rings. The van der Waals surface area contributed by atoms with Crippen LogP contribution in [-0.2, 0) is 61.8 Å². The van der Waals surface area contributed by atoms with Crippen molar-refractivity contribution in [2.45, 2.75) is 4.90 Å². The topological polar surface area (TPSA) is 155 Å². The van der Waals surface area contributed by atoms with Crippen LogP contribution in [0.4, 0.5) is 0 Å². The Morgan fingerprint density at radius 3 is 1.16 bits per heavy atom. The van der Waals surface area contributed by atoms with Gasteiger partial charge < -0.3 is 37.9 Å². The zero-order valence-corrected chi connectivity index (χ0v) is 25.2. The molecule has 15 heteroatoms. The minimum absolute atomic E-state index is 0.0659. The van der Waals surface area contributed by atoms with Crippen LogP contribution >= 0.6 is 0 Å². The molecule has 0 fully saturated rings. The second-order valence-corrected chi connectivity index (χ2v) is 10.3. The first-order valence-electron chi connectivity index (χ1n) is 14.1. The van der Waals surface area contributed by atoms with Gasteiger partial charge in [-0.15, -0.1) is 0 Å². The van der Waals surface area contributed by atoms with Crippen LogP contribution in [-0.4, -0.2) is 144 Å². The first kappa shape index (κ1) is 36.9. The average Bonchev–Trinajstić information content (AvgIpc) is 3.33. The molecule has 0 atom stereocenters. The van der Waals surface area contributed by atoms with Gasteiger partial charge in [-0.3, -0.25) is 18.7 Å². The molecule has 1 aliphatic rings. The van der Waals surface area contributed by atoms with Gasteiger partial charge in [0.05, 0.1) is 124 Å². The molecule has 0 N–H and O–H groups in total. The van der Waals surface area contributed by atoms with Gasteiger partial charge in [0, 0.05) is 12.2 Å². The van der Waals surface area contributed by atoms with Crippen LogP contribution in [0.5, 0.6) is 0 Å². The predicted molar refractivity (Wildman–Crippen MR) is 152 cm³/mol. The second kappa shape index (κ2) is 24.1. The molecule has 0 aliphatic carbocycles. The molecule has 1 aliphatic heterocycles. The lowest BCUT2D eigenvalue weighted by atomic mass is 10.4. The highest BCUT2D eigenvalue weighted by Crippen LogP contribution is 2.10. The fourth-order valence-electron chi connectivity index (χ4n) is 3.31. The standard InChI is InChI=1S/C28H43NO13S/c30-27-6-7-28(31)29(27)8-9-34-10-11-35-12-13-36-14-15-37-16-17-38-18-19-39-20-21-40-22-23-41-24-25-42-43(32,33)26-4-2-1-3-5-26/h1-7H,8-25H2. The average molecular weight is 634 g/mol. The molecule has 244 valence electrons. The summed E-state index contributed by atoms with van der Waals surface area (Å²) in [5.41, 5.74) is 0. The first-order valence-corrected chi connectivity index (χ1v) is 15.5. The molecule has 0 radical (unpaired) electrons. The van der Waals surface area contributed by atoms with Gasteiger partial charge in [0.15, 0.2) is 0 Å². The summed E-state index contributed by atoms with van der Waals surface area (Å²) >= 11 is 0. The van der Waals surface area contributed by atoms with E-state index >= 15 is 0 Å². The van der Waals surface area contributed by atoms with Crippen molar-refractivity contribution in [1.82, 2.24) is 4.90 Å². The molecule has 43 heavy (non-hydrogen) atoms. The summed E-state index contributed by atoms with van der Waals surface area (Å²) in [5.74, 6) is -0.629. The van der Waals surface area contributed by atoms with Gasteiger partial charge in [0.1, 0.15) is 0 Å². The number of benzene rings is 1. The van der Waals surface area contributed by atoms with Crippen LogP contribution in [0, 0.1) is 0 Å². The third kappa shape index (κ3) is 18.2. The summed E-state index contributed by atoms with van der Waals surface area (Å²) in [6, 6.07) is 7.95. The molecule has 0 bridgehead atoms. The minimum atomic E-state index is -3.76. The zero-order valence-electron chi connectivity index (χ0n) is 24.4. The van der Waals surface area contributed by atoms with Crippen molar-refractivity contribution >= 4 is 21.9 Å². The highest BCUT2D eigenvalue weighted by Gasteiger charge is 2.22. The number of imide groups is 1. The van der Waals surface area contributed by atoms with Crippen molar-refractivity contribution < 1.29 is 60.1 Å². The first-order chi connectivity index (χ1) is 21.0. The predicted octanol–water partition coefficient (Wildman–Crippen LogP) is 0.450. The van der Waals surface area contributed by atoms with Gasteiger partial charge in [0.25, 0.3) is 21.9 Å². The largest absolute Gasteiger partial charge is 0.377 e. The van der Waals surface area contributed by atoms with Crippen LogP contribution in [0.1, 0.15) is 0 Å². The van der Waals surface area contributed by atoms with Crippen LogP contribution in [0.25, 0.3) is 0 Å². The highest BCUT2D eigenvalue weighted by molar-refractivity contribution is 7.86. The van der Waals surface area contributed by atoms with E-state index in [0.29, 0.717) is 92.5 Å². The molecule has 1 aromatic carbocycles. The molecule has 0 saturated heterocycles. The van der Waals surface area contributed by atoms with E-state index < -0.39 is 10.1 Å². The van der Waals surface area contributed by atoms with Crippen LogP contribution in [0.15, 0.2) is 47.4 Å². The normalized spacial score (nSPS) is 13.4. The summed E-state index contributed by atoms with van der Waals surface area (Å²) < 4.78 is 71.9. The Bertz CT molecular complexity index is 989. The quantitative estimate of drug-likeness (QED) is 0.0682. The molecule has 0 unspecified atom stereocenters. The molecule has 0 saturated carbocycles. The van der Waals surface area contributed by atoms with Crippen molar-refractivity contribution in [2.75, 3.05) is 119 Å². The summed E-state index contributed by atoms with van der Waals surface area (Å²) in [5, 5.41) is 0. The lowest BCUT2D eigenvalue weighted by Gasteiger charge is -2.13. The van der Waals surface area contributed by atoms with E-state index in [9.17, 15) is 18.0 Å². The number of carbonyl (C=O) groups excluding carboxylic acids is 2. The van der Waals surface area contributed by atoms with E-state index in [4.69, 9.17) is 42.1 Å². The van der Waals surface area contributed by atoms with Crippen molar-refractivity contribution in [3.63, 3.8) is 0 Å². The SMILES string of the molecule is O=C1C=CC(=O)N1CCOCCOCCOCCOCCOCCOCCOCCOCCOS(=O)(=O)c1ccccc1. The Morgan fingerprint density at radius 1 is 0.465 bits per heavy atom. The van der Waals surface area contributed by atoms with Crippen molar-refractivity contribution in [2.24, 2.45) is 0 Å². The third-order valence-electron chi connectivity index (χ3n) is 5.46. The van der Waals surface area contributed by atoms with E-state index in [0.717, 1.165) is 4.90 Å². The van der Waals surface area contributed by atoms with E-state index in [-0.39, 0.29) is 43.1 Å². The van der Waals surface area contributed by atoms with Gasteiger partial charge in [-0.25, -0.2) is 0 Å².